The smallest absolute Gasteiger partial charge is 0.224 e. The summed E-state index contributed by atoms with van der Waals surface area (Å²) in [6, 6.07) is 14.0. The van der Waals surface area contributed by atoms with Gasteiger partial charge in [-0.1, -0.05) is 30.3 Å². The number of anilines is 1. The van der Waals surface area contributed by atoms with Crippen LogP contribution >= 0.6 is 0 Å². The molecule has 144 valence electrons. The Morgan fingerprint density at radius 2 is 2.07 bits per heavy atom. The van der Waals surface area contributed by atoms with Gasteiger partial charge in [0, 0.05) is 38.4 Å². The molecular weight excluding hydrogens is 340 g/mol. The van der Waals surface area contributed by atoms with Gasteiger partial charge in [-0.05, 0) is 38.3 Å². The number of nitrogens with zero attached hydrogens (tertiary/aromatic N) is 3. The molecular formula is C21H28N4O2. The molecule has 0 saturated carbocycles. The third-order valence-corrected chi connectivity index (χ3v) is 4.81. The summed E-state index contributed by atoms with van der Waals surface area (Å²) in [5.41, 5.74) is 1.92. The Labute approximate surface area is 160 Å². The molecule has 3 rings (SSSR count). The predicted octanol–water partition coefficient (Wildman–Crippen LogP) is 2.90. The van der Waals surface area contributed by atoms with Crippen LogP contribution in [0.5, 0.6) is 0 Å². The van der Waals surface area contributed by atoms with Gasteiger partial charge >= 0.3 is 0 Å². The zero-order valence-electron chi connectivity index (χ0n) is 15.9. The lowest BCUT2D eigenvalue weighted by Gasteiger charge is -2.32. The Kier molecular flexibility index (Phi) is 7.16. The number of hydrogen-bond donors (Lipinski definition) is 1. The van der Waals surface area contributed by atoms with Gasteiger partial charge in [0.25, 0.3) is 0 Å². The van der Waals surface area contributed by atoms with Gasteiger partial charge in [-0.25, -0.2) is 0 Å². The maximum absolute atomic E-state index is 12.4. The van der Waals surface area contributed by atoms with E-state index < -0.39 is 0 Å². The van der Waals surface area contributed by atoms with Crippen molar-refractivity contribution in [2.75, 3.05) is 37.7 Å². The summed E-state index contributed by atoms with van der Waals surface area (Å²) in [7, 11) is 0. The molecule has 0 radical (unpaired) electrons. The molecule has 6 heteroatoms. The number of nitrogens with one attached hydrogen (secondary N) is 1. The molecule has 1 aromatic heterocycles. The highest BCUT2D eigenvalue weighted by Gasteiger charge is 2.26. The molecule has 1 aromatic carbocycles. The Bertz CT molecular complexity index is 706. The number of ether oxygens (including phenoxy) is 1. The van der Waals surface area contributed by atoms with Crippen molar-refractivity contribution in [3.63, 3.8) is 0 Å². The first-order valence-corrected chi connectivity index (χ1v) is 9.77. The highest BCUT2D eigenvalue weighted by Crippen LogP contribution is 2.23. The zero-order valence-corrected chi connectivity index (χ0v) is 15.9. The Morgan fingerprint density at radius 1 is 1.22 bits per heavy atom. The van der Waals surface area contributed by atoms with Gasteiger partial charge in [0.2, 0.25) is 5.91 Å². The van der Waals surface area contributed by atoms with E-state index in [9.17, 15) is 4.79 Å². The molecule has 2 heterocycles. The van der Waals surface area contributed by atoms with Crippen LogP contribution in [0, 0.1) is 5.92 Å². The average molecular weight is 368 g/mol. The van der Waals surface area contributed by atoms with Gasteiger partial charge in [0.15, 0.2) is 5.82 Å². The standard InChI is InChI=1S/C21H28N4O2/c1-2-27-15-7-13-22-21(26)18-10-6-14-25(16-18)20-12-11-19(23-24-20)17-8-4-3-5-9-17/h3-5,8-9,11-12,18H,2,6-7,10,13-16H2,1H3,(H,22,26)/t18-/m1/s1. The second-order valence-corrected chi connectivity index (χ2v) is 6.77. The van der Waals surface area contributed by atoms with Crippen molar-refractivity contribution in [2.45, 2.75) is 26.2 Å². The summed E-state index contributed by atoms with van der Waals surface area (Å²) in [5, 5.41) is 11.8. The first-order valence-electron chi connectivity index (χ1n) is 9.77. The van der Waals surface area contributed by atoms with E-state index in [1.807, 2.05) is 49.4 Å². The molecule has 1 atom stereocenters. The number of amides is 1. The van der Waals surface area contributed by atoms with Crippen molar-refractivity contribution in [2.24, 2.45) is 5.92 Å². The van der Waals surface area contributed by atoms with Gasteiger partial charge in [-0.3, -0.25) is 4.79 Å². The van der Waals surface area contributed by atoms with Crippen molar-refractivity contribution >= 4 is 11.7 Å². The molecule has 27 heavy (non-hydrogen) atoms. The van der Waals surface area contributed by atoms with E-state index in [1.165, 1.54) is 0 Å². The van der Waals surface area contributed by atoms with Crippen LogP contribution in [0.4, 0.5) is 5.82 Å². The molecule has 0 aliphatic carbocycles. The largest absolute Gasteiger partial charge is 0.382 e. The maximum atomic E-state index is 12.4. The molecule has 1 N–H and O–H groups in total. The maximum Gasteiger partial charge on any atom is 0.224 e. The fraction of sp³-hybridized carbons (Fsp3) is 0.476. The molecule has 1 aliphatic heterocycles. The van der Waals surface area contributed by atoms with Crippen LogP contribution in [0.2, 0.25) is 0 Å². The molecule has 1 amide bonds. The van der Waals surface area contributed by atoms with Gasteiger partial charge < -0.3 is 15.0 Å². The topological polar surface area (TPSA) is 67.3 Å². The Morgan fingerprint density at radius 3 is 2.81 bits per heavy atom. The quantitative estimate of drug-likeness (QED) is 0.726. The molecule has 6 nitrogen and oxygen atoms in total. The molecule has 0 unspecified atom stereocenters. The SMILES string of the molecule is CCOCCCNC(=O)[C@@H]1CCCN(c2ccc(-c3ccccc3)nn2)C1. The third-order valence-electron chi connectivity index (χ3n) is 4.81. The Hall–Kier alpha value is -2.47. The number of aromatic nitrogens is 2. The molecule has 0 spiro atoms. The lowest BCUT2D eigenvalue weighted by molar-refractivity contribution is -0.125. The van der Waals surface area contributed by atoms with E-state index in [0.29, 0.717) is 19.7 Å². The number of carbonyl (C=O) groups is 1. The average Bonchev–Trinajstić information content (AvgIpc) is 2.74. The third kappa shape index (κ3) is 5.50. The second-order valence-electron chi connectivity index (χ2n) is 6.77. The van der Waals surface area contributed by atoms with Crippen molar-refractivity contribution in [3.05, 3.63) is 42.5 Å². The highest BCUT2D eigenvalue weighted by molar-refractivity contribution is 5.79. The molecule has 1 saturated heterocycles. The van der Waals surface area contributed by atoms with Crippen LogP contribution in [-0.2, 0) is 9.53 Å². The van der Waals surface area contributed by atoms with Crippen LogP contribution < -0.4 is 10.2 Å². The van der Waals surface area contributed by atoms with E-state index in [1.54, 1.807) is 0 Å². The minimum absolute atomic E-state index is 0.00134. The molecule has 2 aromatic rings. The van der Waals surface area contributed by atoms with Crippen molar-refractivity contribution in [1.29, 1.82) is 0 Å². The predicted molar refractivity (Wildman–Crippen MR) is 107 cm³/mol. The number of rotatable bonds is 8. The fourth-order valence-corrected chi connectivity index (χ4v) is 3.33. The summed E-state index contributed by atoms with van der Waals surface area (Å²) in [6.07, 6.45) is 2.75. The number of carbonyl (C=O) groups excluding carboxylic acids is 1. The van der Waals surface area contributed by atoms with Crippen molar-refractivity contribution in [3.8, 4) is 11.3 Å². The second kappa shape index (κ2) is 10.0. The lowest BCUT2D eigenvalue weighted by atomic mass is 9.97. The van der Waals surface area contributed by atoms with E-state index in [0.717, 1.165) is 49.5 Å². The van der Waals surface area contributed by atoms with Crippen LogP contribution in [0.1, 0.15) is 26.2 Å². The van der Waals surface area contributed by atoms with Gasteiger partial charge in [-0.15, -0.1) is 10.2 Å². The lowest BCUT2D eigenvalue weighted by Crippen LogP contribution is -2.43. The monoisotopic (exact) mass is 368 g/mol. The van der Waals surface area contributed by atoms with Gasteiger partial charge in [0.1, 0.15) is 0 Å². The van der Waals surface area contributed by atoms with Gasteiger partial charge in [-0.2, -0.15) is 0 Å². The first-order chi connectivity index (χ1) is 13.3. The molecule has 1 aliphatic rings. The molecule has 1 fully saturated rings. The summed E-state index contributed by atoms with van der Waals surface area (Å²) in [6.45, 7) is 5.65. The van der Waals surface area contributed by atoms with Crippen molar-refractivity contribution < 1.29 is 9.53 Å². The van der Waals surface area contributed by atoms with Crippen LogP contribution in [0.25, 0.3) is 11.3 Å². The first kappa shape index (κ1) is 19.3. The summed E-state index contributed by atoms with van der Waals surface area (Å²) < 4.78 is 5.30. The van der Waals surface area contributed by atoms with Crippen molar-refractivity contribution in [1.82, 2.24) is 15.5 Å². The normalized spacial score (nSPS) is 16.9. The molecule has 0 bridgehead atoms. The fourth-order valence-electron chi connectivity index (χ4n) is 3.33. The number of piperidine rings is 1. The van der Waals surface area contributed by atoms with Crippen LogP contribution in [0.3, 0.4) is 0 Å². The Balaban J connectivity index is 1.54. The number of benzene rings is 1. The summed E-state index contributed by atoms with van der Waals surface area (Å²) in [4.78, 5) is 14.6. The van der Waals surface area contributed by atoms with E-state index in [-0.39, 0.29) is 11.8 Å². The number of hydrogen-bond acceptors (Lipinski definition) is 5. The van der Waals surface area contributed by atoms with Crippen LogP contribution in [-0.4, -0.2) is 49.0 Å². The minimum atomic E-state index is 0.00134. The zero-order chi connectivity index (χ0) is 18.9. The van der Waals surface area contributed by atoms with E-state index in [2.05, 4.69) is 20.4 Å². The van der Waals surface area contributed by atoms with Crippen LogP contribution in [0.15, 0.2) is 42.5 Å². The summed E-state index contributed by atoms with van der Waals surface area (Å²) >= 11 is 0. The van der Waals surface area contributed by atoms with Gasteiger partial charge in [0.05, 0.1) is 11.6 Å². The highest BCUT2D eigenvalue weighted by atomic mass is 16.5. The van der Waals surface area contributed by atoms with E-state index in [4.69, 9.17) is 4.74 Å². The van der Waals surface area contributed by atoms with E-state index >= 15 is 0 Å². The summed E-state index contributed by atoms with van der Waals surface area (Å²) in [5.74, 6) is 0.968. The minimum Gasteiger partial charge on any atom is -0.382 e.